The SMILES string of the molecule is CC(C)(C)OC(=O)N1CCC2(CC1)COC[C@H]2N[S@@](=O)C(C)(C)C. The predicted octanol–water partition coefficient (Wildman–Crippen LogP) is 2.45. The van der Waals surface area contributed by atoms with Gasteiger partial charge in [0.05, 0.1) is 35.0 Å². The molecule has 0 radical (unpaired) electrons. The van der Waals surface area contributed by atoms with Crippen molar-refractivity contribution in [1.82, 2.24) is 9.62 Å². The van der Waals surface area contributed by atoms with Crippen molar-refractivity contribution in [2.75, 3.05) is 26.3 Å². The molecule has 2 heterocycles. The average Bonchev–Trinajstić information content (AvgIpc) is 2.79. The smallest absolute Gasteiger partial charge is 0.410 e. The summed E-state index contributed by atoms with van der Waals surface area (Å²) in [5, 5.41) is 0. The van der Waals surface area contributed by atoms with Crippen LogP contribution in [0.2, 0.25) is 0 Å². The molecule has 24 heavy (non-hydrogen) atoms. The van der Waals surface area contributed by atoms with Crippen LogP contribution in [0.25, 0.3) is 0 Å². The molecule has 0 aliphatic carbocycles. The molecule has 1 spiro atoms. The first kappa shape index (κ1) is 19.7. The first-order valence-electron chi connectivity index (χ1n) is 8.67. The number of hydrogen-bond acceptors (Lipinski definition) is 4. The fourth-order valence-corrected chi connectivity index (χ4v) is 4.01. The second-order valence-corrected chi connectivity index (χ2v) is 10.9. The van der Waals surface area contributed by atoms with E-state index in [-0.39, 0.29) is 22.3 Å². The van der Waals surface area contributed by atoms with Gasteiger partial charge in [0.1, 0.15) is 5.60 Å². The summed E-state index contributed by atoms with van der Waals surface area (Å²) in [6.45, 7) is 14.1. The minimum absolute atomic E-state index is 0.0422. The zero-order valence-corrected chi connectivity index (χ0v) is 16.6. The van der Waals surface area contributed by atoms with Gasteiger partial charge in [-0.2, -0.15) is 0 Å². The van der Waals surface area contributed by atoms with Gasteiger partial charge in [0.25, 0.3) is 0 Å². The Kier molecular flexibility index (Phi) is 5.67. The van der Waals surface area contributed by atoms with Gasteiger partial charge in [-0.3, -0.25) is 0 Å². The van der Waals surface area contributed by atoms with Gasteiger partial charge in [-0.05, 0) is 54.4 Å². The van der Waals surface area contributed by atoms with Crippen molar-refractivity contribution in [3.8, 4) is 0 Å². The van der Waals surface area contributed by atoms with E-state index in [0.717, 1.165) is 12.8 Å². The molecule has 2 aliphatic heterocycles. The molecule has 140 valence electrons. The van der Waals surface area contributed by atoms with Gasteiger partial charge in [0.15, 0.2) is 0 Å². The molecular formula is C17H32N2O4S. The Balaban J connectivity index is 1.96. The fraction of sp³-hybridized carbons (Fsp3) is 0.941. The number of nitrogens with zero attached hydrogens (tertiary/aromatic N) is 1. The van der Waals surface area contributed by atoms with Crippen LogP contribution in [-0.4, -0.2) is 57.9 Å². The number of ether oxygens (including phenoxy) is 2. The van der Waals surface area contributed by atoms with E-state index < -0.39 is 16.6 Å². The molecule has 0 aromatic rings. The van der Waals surface area contributed by atoms with Gasteiger partial charge in [-0.15, -0.1) is 0 Å². The van der Waals surface area contributed by atoms with E-state index in [1.807, 2.05) is 41.5 Å². The lowest BCUT2D eigenvalue weighted by Gasteiger charge is -2.42. The van der Waals surface area contributed by atoms with Gasteiger partial charge in [-0.25, -0.2) is 13.7 Å². The Morgan fingerprint density at radius 1 is 1.21 bits per heavy atom. The normalized spacial score (nSPS) is 25.8. The number of carbonyl (C=O) groups is 1. The summed E-state index contributed by atoms with van der Waals surface area (Å²) in [6.07, 6.45) is 1.43. The third-order valence-corrected chi connectivity index (χ3v) is 6.24. The molecule has 0 bridgehead atoms. The van der Waals surface area contributed by atoms with Crippen LogP contribution in [0.15, 0.2) is 0 Å². The second-order valence-electron chi connectivity index (χ2n) is 8.90. The zero-order valence-electron chi connectivity index (χ0n) is 15.8. The Hall–Kier alpha value is -0.660. The summed E-state index contributed by atoms with van der Waals surface area (Å²) in [6, 6.07) is 0.0679. The first-order valence-corrected chi connectivity index (χ1v) is 9.82. The topological polar surface area (TPSA) is 67.9 Å². The maximum Gasteiger partial charge on any atom is 0.410 e. The summed E-state index contributed by atoms with van der Waals surface area (Å²) in [5.41, 5.74) is -0.518. The first-order chi connectivity index (χ1) is 10.9. The Bertz CT molecular complexity index is 488. The van der Waals surface area contributed by atoms with E-state index in [1.165, 1.54) is 0 Å². The second kappa shape index (κ2) is 6.92. The maximum absolute atomic E-state index is 12.4. The number of likely N-dealkylation sites (tertiary alicyclic amines) is 1. The van der Waals surface area contributed by atoms with Crippen molar-refractivity contribution in [3.63, 3.8) is 0 Å². The van der Waals surface area contributed by atoms with Gasteiger partial charge < -0.3 is 14.4 Å². The van der Waals surface area contributed by atoms with Gasteiger partial charge in [0.2, 0.25) is 0 Å². The zero-order chi connectivity index (χ0) is 18.2. The van der Waals surface area contributed by atoms with Crippen LogP contribution in [0.3, 0.4) is 0 Å². The summed E-state index contributed by atoms with van der Waals surface area (Å²) < 4.78 is 26.6. The highest BCUT2D eigenvalue weighted by Gasteiger charge is 2.48. The molecule has 0 aromatic heterocycles. The molecule has 0 unspecified atom stereocenters. The average molecular weight is 361 g/mol. The molecule has 2 saturated heterocycles. The van der Waals surface area contributed by atoms with Crippen molar-refractivity contribution >= 4 is 17.1 Å². The summed E-state index contributed by atoms with van der Waals surface area (Å²) >= 11 is 0. The number of hydrogen-bond donors (Lipinski definition) is 1. The maximum atomic E-state index is 12.4. The quantitative estimate of drug-likeness (QED) is 0.821. The van der Waals surface area contributed by atoms with Crippen LogP contribution >= 0.6 is 0 Å². The molecule has 0 aromatic carbocycles. The molecule has 0 saturated carbocycles. The number of rotatable bonds is 2. The Morgan fingerprint density at radius 2 is 1.79 bits per heavy atom. The molecule has 2 atom stereocenters. The van der Waals surface area contributed by atoms with Crippen molar-refractivity contribution in [3.05, 3.63) is 0 Å². The number of amides is 1. The Morgan fingerprint density at radius 3 is 2.29 bits per heavy atom. The Labute approximate surface area is 148 Å². The monoisotopic (exact) mass is 360 g/mol. The minimum Gasteiger partial charge on any atom is -0.444 e. The summed E-state index contributed by atoms with van der Waals surface area (Å²) in [4.78, 5) is 14.0. The number of carbonyl (C=O) groups excluding carboxylic acids is 1. The van der Waals surface area contributed by atoms with Crippen molar-refractivity contribution in [1.29, 1.82) is 0 Å². The van der Waals surface area contributed by atoms with Crippen molar-refractivity contribution < 1.29 is 18.5 Å². The molecule has 7 heteroatoms. The molecule has 1 amide bonds. The highest BCUT2D eigenvalue weighted by molar-refractivity contribution is 7.84. The van der Waals surface area contributed by atoms with Crippen LogP contribution in [0.1, 0.15) is 54.4 Å². The number of piperidine rings is 1. The minimum atomic E-state index is -1.12. The fourth-order valence-electron chi connectivity index (χ4n) is 3.08. The highest BCUT2D eigenvalue weighted by atomic mass is 32.2. The molecule has 2 fully saturated rings. The van der Waals surface area contributed by atoms with Gasteiger partial charge >= 0.3 is 6.09 Å². The lowest BCUT2D eigenvalue weighted by atomic mass is 9.75. The van der Waals surface area contributed by atoms with Crippen molar-refractivity contribution in [2.24, 2.45) is 5.41 Å². The standard InChI is InChI=1S/C17H32N2O4S/c1-15(2,3)23-14(20)19-9-7-17(8-10-19)12-22-11-13(17)18-24(21)16(4,5)6/h13,18H,7-12H2,1-6H3/t13-,24+/m1/s1. The van der Waals surface area contributed by atoms with Crippen LogP contribution in [0, 0.1) is 5.41 Å². The van der Waals surface area contributed by atoms with Crippen LogP contribution in [0.5, 0.6) is 0 Å². The van der Waals surface area contributed by atoms with E-state index in [9.17, 15) is 9.00 Å². The molecule has 2 rings (SSSR count). The third-order valence-electron chi connectivity index (χ3n) is 4.63. The van der Waals surface area contributed by atoms with Gasteiger partial charge in [-0.1, -0.05) is 0 Å². The lowest BCUT2D eigenvalue weighted by molar-refractivity contribution is 0.00667. The lowest BCUT2D eigenvalue weighted by Crippen LogP contribution is -2.54. The van der Waals surface area contributed by atoms with Gasteiger partial charge in [0, 0.05) is 18.5 Å². The summed E-state index contributed by atoms with van der Waals surface area (Å²) in [5.74, 6) is 0. The highest BCUT2D eigenvalue weighted by Crippen LogP contribution is 2.40. The van der Waals surface area contributed by atoms with Crippen LogP contribution in [-0.2, 0) is 20.5 Å². The molecule has 1 N–H and O–H groups in total. The van der Waals surface area contributed by atoms with E-state index in [4.69, 9.17) is 9.47 Å². The van der Waals surface area contributed by atoms with E-state index in [1.54, 1.807) is 4.90 Å². The van der Waals surface area contributed by atoms with Crippen LogP contribution in [0.4, 0.5) is 4.79 Å². The predicted molar refractivity (Wildman–Crippen MR) is 95.1 cm³/mol. The molecule has 6 nitrogen and oxygen atoms in total. The third kappa shape index (κ3) is 4.70. The van der Waals surface area contributed by atoms with Crippen molar-refractivity contribution in [2.45, 2.75) is 70.8 Å². The largest absolute Gasteiger partial charge is 0.444 e. The van der Waals surface area contributed by atoms with E-state index >= 15 is 0 Å². The number of nitrogens with one attached hydrogen (secondary N) is 1. The van der Waals surface area contributed by atoms with E-state index in [2.05, 4.69) is 4.72 Å². The molecular weight excluding hydrogens is 328 g/mol. The summed E-state index contributed by atoms with van der Waals surface area (Å²) in [7, 11) is -1.12. The van der Waals surface area contributed by atoms with Crippen LogP contribution < -0.4 is 4.72 Å². The van der Waals surface area contributed by atoms with E-state index in [0.29, 0.717) is 26.3 Å². The molecule has 2 aliphatic rings.